The standard InChI is InChI=1S/C9H15BrN2O2S2/c1-7(6-12(2)3)11-16(13,14)9-8(10)4-5-15-9/h4-5,7,11H,6H2,1-3H3. The molecular formula is C9H15BrN2O2S2. The number of nitrogens with zero attached hydrogens (tertiary/aromatic N) is 1. The van der Waals surface area contributed by atoms with Gasteiger partial charge in [0.25, 0.3) is 10.0 Å². The summed E-state index contributed by atoms with van der Waals surface area (Å²) in [5.41, 5.74) is 0. The molecule has 0 saturated heterocycles. The van der Waals surface area contributed by atoms with Crippen molar-refractivity contribution in [3.05, 3.63) is 15.9 Å². The molecule has 1 unspecified atom stereocenters. The maximum Gasteiger partial charge on any atom is 0.251 e. The summed E-state index contributed by atoms with van der Waals surface area (Å²) in [7, 11) is 0.420. The van der Waals surface area contributed by atoms with Crippen molar-refractivity contribution in [2.75, 3.05) is 20.6 Å². The zero-order valence-corrected chi connectivity index (χ0v) is 12.6. The van der Waals surface area contributed by atoms with Crippen LogP contribution in [-0.2, 0) is 10.0 Å². The van der Waals surface area contributed by atoms with Gasteiger partial charge in [0, 0.05) is 17.1 Å². The van der Waals surface area contributed by atoms with Crippen LogP contribution in [0.15, 0.2) is 20.1 Å². The van der Waals surface area contributed by atoms with Crippen molar-refractivity contribution in [3.63, 3.8) is 0 Å². The molecule has 0 saturated carbocycles. The third-order valence-electron chi connectivity index (χ3n) is 1.82. The van der Waals surface area contributed by atoms with E-state index >= 15 is 0 Å². The van der Waals surface area contributed by atoms with Gasteiger partial charge in [0.15, 0.2) is 0 Å². The van der Waals surface area contributed by atoms with Crippen LogP contribution in [0, 0.1) is 0 Å². The second-order valence-corrected chi connectivity index (χ2v) is 7.52. The average Bonchev–Trinajstić information content (AvgIpc) is 2.48. The number of thiophene rings is 1. The molecule has 1 N–H and O–H groups in total. The van der Waals surface area contributed by atoms with E-state index in [1.807, 2.05) is 25.9 Å². The van der Waals surface area contributed by atoms with Gasteiger partial charge >= 0.3 is 0 Å². The quantitative estimate of drug-likeness (QED) is 0.896. The Hall–Kier alpha value is 0.0500. The van der Waals surface area contributed by atoms with E-state index < -0.39 is 10.0 Å². The first-order valence-corrected chi connectivity index (χ1v) is 7.88. The highest BCUT2D eigenvalue weighted by Crippen LogP contribution is 2.27. The molecule has 0 aromatic carbocycles. The predicted molar refractivity (Wildman–Crippen MR) is 70.4 cm³/mol. The zero-order valence-electron chi connectivity index (χ0n) is 9.40. The fraction of sp³-hybridized carbons (Fsp3) is 0.556. The van der Waals surface area contributed by atoms with Crippen molar-refractivity contribution in [2.45, 2.75) is 17.2 Å². The van der Waals surface area contributed by atoms with Gasteiger partial charge in [0.2, 0.25) is 0 Å². The normalized spacial score (nSPS) is 14.3. The molecule has 0 radical (unpaired) electrons. The second-order valence-electron chi connectivity index (χ2n) is 3.84. The highest BCUT2D eigenvalue weighted by Gasteiger charge is 2.21. The summed E-state index contributed by atoms with van der Waals surface area (Å²) in [6, 6.07) is 1.62. The van der Waals surface area contributed by atoms with Gasteiger partial charge in [-0.1, -0.05) is 0 Å². The van der Waals surface area contributed by atoms with Crippen LogP contribution >= 0.6 is 27.3 Å². The summed E-state index contributed by atoms with van der Waals surface area (Å²) >= 11 is 4.43. The van der Waals surface area contributed by atoms with E-state index in [1.54, 1.807) is 11.4 Å². The largest absolute Gasteiger partial charge is 0.308 e. The van der Waals surface area contributed by atoms with Crippen LogP contribution in [0.1, 0.15) is 6.92 Å². The molecule has 1 aromatic rings. The van der Waals surface area contributed by atoms with Crippen molar-refractivity contribution in [1.82, 2.24) is 9.62 Å². The topological polar surface area (TPSA) is 49.4 Å². The summed E-state index contributed by atoms with van der Waals surface area (Å²) in [6.07, 6.45) is 0. The summed E-state index contributed by atoms with van der Waals surface area (Å²) < 4.78 is 27.5. The van der Waals surface area contributed by atoms with E-state index in [-0.39, 0.29) is 6.04 Å². The first-order valence-electron chi connectivity index (χ1n) is 4.73. The van der Waals surface area contributed by atoms with E-state index in [4.69, 9.17) is 0 Å². The molecule has 0 aliphatic rings. The summed E-state index contributed by atoms with van der Waals surface area (Å²) in [5, 5.41) is 1.75. The summed E-state index contributed by atoms with van der Waals surface area (Å²) in [4.78, 5) is 1.94. The van der Waals surface area contributed by atoms with Crippen LogP contribution in [0.5, 0.6) is 0 Å². The predicted octanol–water partition coefficient (Wildman–Crippen LogP) is 1.74. The second kappa shape index (κ2) is 5.59. The number of rotatable bonds is 5. The lowest BCUT2D eigenvalue weighted by Gasteiger charge is -2.17. The van der Waals surface area contributed by atoms with Crippen LogP contribution in [0.2, 0.25) is 0 Å². The van der Waals surface area contributed by atoms with Gasteiger partial charge in [-0.3, -0.25) is 0 Å². The van der Waals surface area contributed by atoms with E-state index in [1.165, 1.54) is 11.3 Å². The zero-order chi connectivity index (χ0) is 12.3. The van der Waals surface area contributed by atoms with Crippen LogP contribution in [0.3, 0.4) is 0 Å². The molecule has 1 atom stereocenters. The maximum atomic E-state index is 12.0. The molecule has 16 heavy (non-hydrogen) atoms. The maximum absolute atomic E-state index is 12.0. The van der Waals surface area contributed by atoms with Crippen LogP contribution in [0.4, 0.5) is 0 Å². The van der Waals surface area contributed by atoms with Crippen LogP contribution in [-0.4, -0.2) is 40.0 Å². The number of halogens is 1. The van der Waals surface area contributed by atoms with Gasteiger partial charge < -0.3 is 4.90 Å². The minimum absolute atomic E-state index is 0.117. The lowest BCUT2D eigenvalue weighted by Crippen LogP contribution is -2.39. The molecule has 0 fully saturated rings. The Morgan fingerprint density at radius 3 is 2.62 bits per heavy atom. The Labute approximate surface area is 109 Å². The first-order chi connectivity index (χ1) is 7.33. The lowest BCUT2D eigenvalue weighted by atomic mass is 10.3. The number of sulfonamides is 1. The monoisotopic (exact) mass is 326 g/mol. The third kappa shape index (κ3) is 3.81. The average molecular weight is 327 g/mol. The van der Waals surface area contributed by atoms with E-state index in [0.717, 1.165) is 0 Å². The number of nitrogens with one attached hydrogen (secondary N) is 1. The summed E-state index contributed by atoms with van der Waals surface area (Å²) in [6.45, 7) is 2.52. The number of hydrogen-bond acceptors (Lipinski definition) is 4. The fourth-order valence-electron chi connectivity index (χ4n) is 1.37. The molecule has 0 aliphatic heterocycles. The smallest absolute Gasteiger partial charge is 0.251 e. The molecule has 0 amide bonds. The highest BCUT2D eigenvalue weighted by molar-refractivity contribution is 9.10. The molecule has 7 heteroatoms. The Kier molecular flexibility index (Phi) is 4.93. The van der Waals surface area contributed by atoms with E-state index in [0.29, 0.717) is 15.2 Å². The van der Waals surface area contributed by atoms with Crippen LogP contribution < -0.4 is 4.72 Å². The van der Waals surface area contributed by atoms with Gasteiger partial charge in [-0.25, -0.2) is 13.1 Å². The minimum Gasteiger partial charge on any atom is -0.308 e. The Bertz CT molecular complexity index is 442. The minimum atomic E-state index is -3.40. The molecule has 1 heterocycles. The van der Waals surface area contributed by atoms with Crippen molar-refractivity contribution >= 4 is 37.3 Å². The molecule has 0 bridgehead atoms. The Morgan fingerprint density at radius 1 is 1.56 bits per heavy atom. The van der Waals surface area contributed by atoms with E-state index in [9.17, 15) is 8.42 Å². The number of likely N-dealkylation sites (N-methyl/N-ethyl adjacent to an activating group) is 1. The molecule has 4 nitrogen and oxygen atoms in total. The molecule has 92 valence electrons. The van der Waals surface area contributed by atoms with Crippen molar-refractivity contribution in [1.29, 1.82) is 0 Å². The SMILES string of the molecule is CC(CN(C)C)NS(=O)(=O)c1sccc1Br. The van der Waals surface area contributed by atoms with Crippen molar-refractivity contribution in [2.24, 2.45) is 0 Å². The third-order valence-corrected chi connectivity index (χ3v) is 6.08. The summed E-state index contributed by atoms with van der Waals surface area (Å²) in [5.74, 6) is 0. The molecule has 0 spiro atoms. The van der Waals surface area contributed by atoms with Crippen molar-refractivity contribution in [3.8, 4) is 0 Å². The molecular weight excluding hydrogens is 312 g/mol. The molecule has 0 aliphatic carbocycles. The molecule has 1 aromatic heterocycles. The van der Waals surface area contributed by atoms with Gasteiger partial charge in [0.05, 0.1) is 0 Å². The van der Waals surface area contributed by atoms with E-state index in [2.05, 4.69) is 20.7 Å². The Balaban J connectivity index is 2.77. The molecule has 1 rings (SSSR count). The van der Waals surface area contributed by atoms with Gasteiger partial charge in [-0.2, -0.15) is 0 Å². The first kappa shape index (κ1) is 14.1. The van der Waals surface area contributed by atoms with Crippen LogP contribution in [0.25, 0.3) is 0 Å². The van der Waals surface area contributed by atoms with Gasteiger partial charge in [-0.15, -0.1) is 11.3 Å². The lowest BCUT2D eigenvalue weighted by molar-refractivity contribution is 0.370. The van der Waals surface area contributed by atoms with Crippen molar-refractivity contribution < 1.29 is 8.42 Å². The van der Waals surface area contributed by atoms with Gasteiger partial charge in [0.1, 0.15) is 4.21 Å². The van der Waals surface area contributed by atoms with Gasteiger partial charge in [-0.05, 0) is 48.4 Å². The highest BCUT2D eigenvalue weighted by atomic mass is 79.9. The number of hydrogen-bond donors (Lipinski definition) is 1. The fourth-order valence-corrected chi connectivity index (χ4v) is 4.96. The Morgan fingerprint density at radius 2 is 2.19 bits per heavy atom.